The molecule has 1 N–H and O–H groups in total. The van der Waals surface area contributed by atoms with Gasteiger partial charge >= 0.3 is 0 Å². The van der Waals surface area contributed by atoms with Crippen molar-refractivity contribution in [3.8, 4) is 11.3 Å². The van der Waals surface area contributed by atoms with Crippen molar-refractivity contribution >= 4 is 29.1 Å². The number of nitrogens with one attached hydrogen (secondary N) is 1. The van der Waals surface area contributed by atoms with Crippen molar-refractivity contribution < 1.29 is 9.59 Å². The molecule has 8 nitrogen and oxygen atoms in total. The number of likely N-dealkylation sites (N-methyl/N-ethyl adjacent to an activating group) is 1. The summed E-state index contributed by atoms with van der Waals surface area (Å²) in [7, 11) is 1.78. The average Bonchev–Trinajstić information content (AvgIpc) is 3.02. The Kier molecular flexibility index (Phi) is 6.40. The third-order valence-corrected chi connectivity index (χ3v) is 6.28. The van der Waals surface area contributed by atoms with Gasteiger partial charge in [0.05, 0.1) is 17.8 Å². The van der Waals surface area contributed by atoms with E-state index in [9.17, 15) is 9.59 Å². The van der Waals surface area contributed by atoms with Crippen LogP contribution in [0.2, 0.25) is 0 Å². The summed E-state index contributed by atoms with van der Waals surface area (Å²) in [6.45, 7) is 3.09. The maximum atomic E-state index is 13.0. The molecule has 1 aliphatic rings. The molecule has 0 saturated heterocycles. The van der Waals surface area contributed by atoms with Gasteiger partial charge in [0.25, 0.3) is 5.91 Å². The topological polar surface area (TPSA) is 91.3 Å². The van der Waals surface area contributed by atoms with Gasteiger partial charge in [-0.3, -0.25) is 14.6 Å². The predicted molar refractivity (Wildman–Crippen MR) is 139 cm³/mol. The number of anilines is 3. The molecule has 2 aromatic heterocycles. The van der Waals surface area contributed by atoms with Crippen molar-refractivity contribution in [2.45, 2.75) is 19.9 Å². The van der Waals surface area contributed by atoms with Crippen LogP contribution in [0.5, 0.6) is 0 Å². The molecule has 0 atom stereocenters. The van der Waals surface area contributed by atoms with E-state index in [0.29, 0.717) is 24.6 Å². The Morgan fingerprint density at radius 1 is 1.06 bits per heavy atom. The van der Waals surface area contributed by atoms with Gasteiger partial charge < -0.3 is 15.1 Å². The Morgan fingerprint density at radius 2 is 1.81 bits per heavy atom. The molecular weight excluding hydrogens is 452 g/mol. The second-order valence-corrected chi connectivity index (χ2v) is 8.59. The van der Waals surface area contributed by atoms with E-state index in [1.165, 1.54) is 0 Å². The van der Waals surface area contributed by atoms with Crippen LogP contribution in [0.15, 0.2) is 79.3 Å². The fourth-order valence-corrected chi connectivity index (χ4v) is 4.26. The number of hydrogen-bond acceptors (Lipinski definition) is 6. The maximum Gasteiger partial charge on any atom is 0.254 e. The van der Waals surface area contributed by atoms with E-state index in [0.717, 1.165) is 33.8 Å². The monoisotopic (exact) mass is 478 g/mol. The summed E-state index contributed by atoms with van der Waals surface area (Å²) in [4.78, 5) is 42.3. The summed E-state index contributed by atoms with van der Waals surface area (Å²) >= 11 is 0. The lowest BCUT2D eigenvalue weighted by Crippen LogP contribution is -2.30. The van der Waals surface area contributed by atoms with Crippen molar-refractivity contribution in [2.75, 3.05) is 23.8 Å². The highest BCUT2D eigenvalue weighted by atomic mass is 16.2. The molecule has 3 heterocycles. The van der Waals surface area contributed by atoms with E-state index in [1.807, 2.05) is 55.5 Å². The highest BCUT2D eigenvalue weighted by Gasteiger charge is 2.24. The lowest BCUT2D eigenvalue weighted by molar-refractivity contribution is -0.117. The van der Waals surface area contributed by atoms with Crippen LogP contribution in [0.3, 0.4) is 0 Å². The number of para-hydroxylation sites is 1. The molecule has 2 aromatic carbocycles. The molecule has 5 rings (SSSR count). The standard InChI is InChI=1S/C28H26N6O2/c1-3-34(18-19-12-14-29-15-13-19)27(36)20-8-10-22(11-9-20)31-28-30-17-21-16-25(35)33(2)24-7-5-4-6-23(24)26(21)32-28/h4-15,17H,3,16,18H2,1-2H3,(H,30,31,32). The second-order valence-electron chi connectivity index (χ2n) is 8.59. The van der Waals surface area contributed by atoms with Crippen molar-refractivity contribution in [2.24, 2.45) is 0 Å². The Balaban J connectivity index is 1.35. The number of amides is 2. The number of nitrogens with zero attached hydrogens (tertiary/aromatic N) is 5. The zero-order valence-electron chi connectivity index (χ0n) is 20.2. The number of rotatable bonds is 6. The van der Waals surface area contributed by atoms with Gasteiger partial charge in [-0.05, 0) is 55.0 Å². The Bertz CT molecular complexity index is 1410. The van der Waals surface area contributed by atoms with Crippen LogP contribution in [0.1, 0.15) is 28.4 Å². The van der Waals surface area contributed by atoms with Crippen molar-refractivity contribution in [1.29, 1.82) is 0 Å². The van der Waals surface area contributed by atoms with Crippen LogP contribution >= 0.6 is 0 Å². The van der Waals surface area contributed by atoms with Gasteiger partial charge in [-0.1, -0.05) is 18.2 Å². The summed E-state index contributed by atoms with van der Waals surface area (Å²) in [5.74, 6) is 0.385. The fourth-order valence-electron chi connectivity index (χ4n) is 4.26. The fraction of sp³-hybridized carbons (Fsp3) is 0.179. The molecule has 0 saturated carbocycles. The summed E-state index contributed by atoms with van der Waals surface area (Å²) < 4.78 is 0. The van der Waals surface area contributed by atoms with Crippen molar-refractivity contribution in [1.82, 2.24) is 19.9 Å². The summed E-state index contributed by atoms with van der Waals surface area (Å²) in [6.07, 6.45) is 5.40. The molecule has 4 aromatic rings. The highest BCUT2D eigenvalue weighted by molar-refractivity contribution is 6.01. The van der Waals surface area contributed by atoms with Gasteiger partial charge in [-0.25, -0.2) is 9.97 Å². The summed E-state index contributed by atoms with van der Waals surface area (Å²) in [5.41, 5.74) is 5.64. The molecule has 0 unspecified atom stereocenters. The maximum absolute atomic E-state index is 13.0. The first-order valence-corrected chi connectivity index (χ1v) is 11.8. The van der Waals surface area contributed by atoms with Gasteiger partial charge in [0.1, 0.15) is 0 Å². The molecule has 0 spiro atoms. The number of carbonyl (C=O) groups is 2. The van der Waals surface area contributed by atoms with Crippen LogP contribution in [0.25, 0.3) is 11.3 Å². The third-order valence-electron chi connectivity index (χ3n) is 6.28. The minimum Gasteiger partial charge on any atom is -0.335 e. The third kappa shape index (κ3) is 4.65. The van der Waals surface area contributed by atoms with Crippen LogP contribution < -0.4 is 10.2 Å². The molecule has 0 aliphatic carbocycles. The van der Waals surface area contributed by atoms with Gasteiger partial charge in [0, 0.05) is 61.1 Å². The van der Waals surface area contributed by atoms with E-state index < -0.39 is 0 Å². The first-order chi connectivity index (χ1) is 17.5. The van der Waals surface area contributed by atoms with Crippen LogP contribution in [0.4, 0.5) is 17.3 Å². The molecule has 0 bridgehead atoms. The highest BCUT2D eigenvalue weighted by Crippen LogP contribution is 2.35. The quantitative estimate of drug-likeness (QED) is 0.440. The van der Waals surface area contributed by atoms with E-state index >= 15 is 0 Å². The molecule has 2 amide bonds. The van der Waals surface area contributed by atoms with E-state index in [4.69, 9.17) is 4.98 Å². The van der Waals surface area contributed by atoms with E-state index in [-0.39, 0.29) is 18.2 Å². The van der Waals surface area contributed by atoms with Gasteiger partial charge in [-0.2, -0.15) is 0 Å². The zero-order chi connectivity index (χ0) is 25.1. The molecule has 36 heavy (non-hydrogen) atoms. The summed E-state index contributed by atoms with van der Waals surface area (Å²) in [5, 5.41) is 3.22. The number of aromatic nitrogens is 3. The molecule has 0 radical (unpaired) electrons. The minimum absolute atomic E-state index is 0.00387. The molecule has 1 aliphatic heterocycles. The molecular formula is C28H26N6O2. The lowest BCUT2D eigenvalue weighted by Gasteiger charge is -2.21. The second kappa shape index (κ2) is 9.95. The van der Waals surface area contributed by atoms with E-state index in [2.05, 4.69) is 15.3 Å². The zero-order valence-corrected chi connectivity index (χ0v) is 20.2. The van der Waals surface area contributed by atoms with Crippen molar-refractivity contribution in [3.63, 3.8) is 0 Å². The predicted octanol–water partition coefficient (Wildman–Crippen LogP) is 4.46. The van der Waals surface area contributed by atoms with Gasteiger partial charge in [0.2, 0.25) is 11.9 Å². The molecule has 180 valence electrons. The SMILES string of the molecule is CCN(Cc1ccncc1)C(=O)c1ccc(Nc2ncc3c(n2)-c2ccccc2N(C)C(=O)C3)cc1. The van der Waals surface area contributed by atoms with Gasteiger partial charge in [0.15, 0.2) is 0 Å². The largest absolute Gasteiger partial charge is 0.335 e. The molecule has 0 fully saturated rings. The molecule has 8 heteroatoms. The minimum atomic E-state index is -0.0347. The summed E-state index contributed by atoms with van der Waals surface area (Å²) in [6, 6.07) is 18.8. The number of carbonyl (C=O) groups excluding carboxylic acids is 2. The first kappa shape index (κ1) is 23.2. The normalized spacial score (nSPS) is 12.4. The first-order valence-electron chi connectivity index (χ1n) is 11.8. The van der Waals surface area contributed by atoms with Crippen LogP contribution in [-0.2, 0) is 17.8 Å². The smallest absolute Gasteiger partial charge is 0.254 e. The number of pyridine rings is 1. The van der Waals surface area contributed by atoms with Gasteiger partial charge in [-0.15, -0.1) is 0 Å². The van der Waals surface area contributed by atoms with E-state index in [1.54, 1.807) is 47.6 Å². The Morgan fingerprint density at radius 3 is 2.56 bits per heavy atom. The number of fused-ring (bicyclic) bond motifs is 3. The van der Waals surface area contributed by atoms with Crippen molar-refractivity contribution in [3.05, 3.63) is 95.9 Å². The Labute approximate surface area is 209 Å². The number of benzene rings is 2. The van der Waals surface area contributed by atoms with Crippen LogP contribution in [-0.4, -0.2) is 45.3 Å². The Hall–Kier alpha value is -4.59. The average molecular weight is 479 g/mol. The lowest BCUT2D eigenvalue weighted by atomic mass is 10.1. The van der Waals surface area contributed by atoms with Crippen LogP contribution in [0, 0.1) is 0 Å². The number of hydrogen-bond donors (Lipinski definition) is 1.